The van der Waals surface area contributed by atoms with E-state index >= 15 is 0 Å². The number of pyridine rings is 1. The smallest absolute Gasteiger partial charge is 0.188 e. The first-order valence-electron chi connectivity index (χ1n) is 22.4. The summed E-state index contributed by atoms with van der Waals surface area (Å²) in [5, 5.41) is 7.11. The number of para-hydroxylation sites is 3. The van der Waals surface area contributed by atoms with Gasteiger partial charge in [0.25, 0.3) is 0 Å². The molecule has 67 heavy (non-hydrogen) atoms. The van der Waals surface area contributed by atoms with E-state index in [-0.39, 0.29) is 21.1 Å². The monoisotopic (exact) mass is 1050 g/mol. The van der Waals surface area contributed by atoms with Gasteiger partial charge in [-0.2, -0.15) is 35.5 Å². The Morgan fingerprint density at radius 1 is 0.463 bits per heavy atom. The topological polar surface area (TPSA) is 27.7 Å². The Morgan fingerprint density at radius 2 is 1.01 bits per heavy atom. The summed E-state index contributed by atoms with van der Waals surface area (Å²) in [5.74, 6) is 0.835. The average Bonchev–Trinajstić information content (AvgIpc) is 3.92. The summed E-state index contributed by atoms with van der Waals surface area (Å²) < 4.78 is 6.77. The number of hydrogen-bond donors (Lipinski definition) is 0. The van der Waals surface area contributed by atoms with Crippen LogP contribution in [0.1, 0.15) is 0 Å². The van der Waals surface area contributed by atoms with Crippen molar-refractivity contribution in [2.75, 3.05) is 0 Å². The maximum Gasteiger partial charge on any atom is 0.188 e. The zero-order valence-electron chi connectivity index (χ0n) is 36.7. The third-order valence-electron chi connectivity index (χ3n) is 13.2. The van der Waals surface area contributed by atoms with Gasteiger partial charge in [-0.3, -0.25) is 0 Å². The summed E-state index contributed by atoms with van der Waals surface area (Å²) in [6.45, 7) is 0. The molecule has 0 saturated carbocycles. The molecule has 0 amide bonds. The molecule has 0 aliphatic carbocycles. The SMILES string of the molecule is Cn1[cH+]n(-c2[c-]c([Si](c3[c-]c4c(cc3)c3ccccc3n4-c3cc(-c4c(-c5ccccc5)cccc4-c4ccccc4)ccn3)(c3ccccc3)c3ccccc3)ccc2)c2ccccc21.[Pt]. The maximum atomic E-state index is 5.19. The number of hydrogen-bond acceptors (Lipinski definition) is 1. The second-order valence-corrected chi connectivity index (χ2v) is 20.6. The van der Waals surface area contributed by atoms with Gasteiger partial charge in [0, 0.05) is 57.6 Å². The van der Waals surface area contributed by atoms with E-state index in [4.69, 9.17) is 4.98 Å². The molecular weight excluding hydrogens is 1010 g/mol. The Balaban J connectivity index is 0.00000494. The van der Waals surface area contributed by atoms with Gasteiger partial charge in [0.1, 0.15) is 13.9 Å². The number of benzene rings is 9. The first kappa shape index (κ1) is 42.0. The molecule has 0 atom stereocenters. The first-order valence-corrected chi connectivity index (χ1v) is 24.4. The molecule has 9 aromatic carbocycles. The fraction of sp³-hybridized carbons (Fsp3) is 0.0164. The molecule has 0 radical (unpaired) electrons. The van der Waals surface area contributed by atoms with Gasteiger partial charge in [-0.1, -0.05) is 163 Å². The molecule has 0 aliphatic heterocycles. The van der Waals surface area contributed by atoms with Crippen LogP contribution >= 0.6 is 0 Å². The standard InChI is InChI=1S/C61H43N4Si.Pt/c1-63-43-64(58-35-17-16-34-57(58)63)47-24-18-29-50(41-47)66(48-25-10-4-11-26-48,49-27-12-5-13-28-49)51-36-37-55-54-30-14-15-33-56(54)65(59(55)42-51)60-40-46(38-39-62-60)61-52(44-20-6-2-7-21-44)31-19-32-53(61)45-22-8-3-9-23-45;/h2-40,43H,1H3;/q-1;. The van der Waals surface area contributed by atoms with Gasteiger partial charge in [0.2, 0.25) is 0 Å². The molecule has 3 aromatic heterocycles. The molecule has 4 nitrogen and oxygen atoms in total. The molecule has 12 rings (SSSR count). The summed E-state index contributed by atoms with van der Waals surface area (Å²) in [6.07, 6.45) is 4.12. The molecule has 3 heterocycles. The predicted octanol–water partition coefficient (Wildman–Crippen LogP) is 11.7. The predicted molar refractivity (Wildman–Crippen MR) is 276 cm³/mol. The molecule has 0 fully saturated rings. The fourth-order valence-electron chi connectivity index (χ4n) is 10.2. The molecule has 0 unspecified atom stereocenters. The van der Waals surface area contributed by atoms with Crippen LogP contribution in [-0.2, 0) is 28.1 Å². The van der Waals surface area contributed by atoms with Gasteiger partial charge in [0.05, 0.1) is 0 Å². The fourth-order valence-corrected chi connectivity index (χ4v) is 14.8. The van der Waals surface area contributed by atoms with Gasteiger partial charge in [-0.15, -0.1) is 22.7 Å². The summed E-state index contributed by atoms with van der Waals surface area (Å²) in [7, 11) is -1.03. The summed E-state index contributed by atoms with van der Waals surface area (Å²) >= 11 is 0. The summed E-state index contributed by atoms with van der Waals surface area (Å²) in [5.41, 5.74) is 12.3. The Labute approximate surface area is 406 Å². The maximum absolute atomic E-state index is 5.19. The number of aromatic nitrogens is 4. The average molecular weight is 1060 g/mol. The number of aryl methyl sites for hydroxylation is 1. The largest absolute Gasteiger partial charge is 0.319 e. The number of imidazole rings is 1. The van der Waals surface area contributed by atoms with Crippen molar-refractivity contribution < 1.29 is 21.1 Å². The minimum atomic E-state index is -3.13. The van der Waals surface area contributed by atoms with Crippen molar-refractivity contribution in [1.82, 2.24) is 18.7 Å². The second-order valence-electron chi connectivity index (χ2n) is 16.9. The Kier molecular flexibility index (Phi) is 11.0. The van der Waals surface area contributed by atoms with Crippen LogP contribution in [-0.4, -0.2) is 26.8 Å². The molecule has 0 saturated heterocycles. The van der Waals surface area contributed by atoms with E-state index in [1.807, 2.05) is 6.20 Å². The molecule has 6 heteroatoms. The molecule has 12 aromatic rings. The van der Waals surface area contributed by atoms with Crippen molar-refractivity contribution in [1.29, 1.82) is 0 Å². The van der Waals surface area contributed by atoms with Crippen LogP contribution in [0.25, 0.3) is 77.7 Å². The second kappa shape index (κ2) is 17.6. The molecule has 0 spiro atoms. The first-order chi connectivity index (χ1) is 32.7. The third-order valence-corrected chi connectivity index (χ3v) is 17.7. The van der Waals surface area contributed by atoms with Gasteiger partial charge >= 0.3 is 0 Å². The number of rotatable bonds is 9. The molecule has 0 bridgehead atoms. The van der Waals surface area contributed by atoms with Crippen LogP contribution in [0.2, 0.25) is 0 Å². The molecule has 0 N–H and O–H groups in total. The Morgan fingerprint density at radius 3 is 1.67 bits per heavy atom. The van der Waals surface area contributed by atoms with Crippen LogP contribution in [0, 0.1) is 12.1 Å². The third kappa shape index (κ3) is 7.10. The van der Waals surface area contributed by atoms with E-state index in [2.05, 4.69) is 270 Å². The van der Waals surface area contributed by atoms with E-state index in [1.54, 1.807) is 0 Å². The van der Waals surface area contributed by atoms with Crippen LogP contribution in [0.5, 0.6) is 0 Å². The zero-order valence-corrected chi connectivity index (χ0v) is 40.0. The van der Waals surface area contributed by atoms with Gasteiger partial charge in [-0.05, 0) is 79.5 Å². The van der Waals surface area contributed by atoms with E-state index in [0.29, 0.717) is 0 Å². The van der Waals surface area contributed by atoms with E-state index in [0.717, 1.165) is 60.3 Å². The minimum Gasteiger partial charge on any atom is -0.319 e. The minimum absolute atomic E-state index is 0. The van der Waals surface area contributed by atoms with Crippen LogP contribution in [0.3, 0.4) is 0 Å². The summed E-state index contributed by atoms with van der Waals surface area (Å²) in [4.78, 5) is 5.19. The van der Waals surface area contributed by atoms with Crippen LogP contribution in [0.4, 0.5) is 0 Å². The van der Waals surface area contributed by atoms with Crippen LogP contribution in [0.15, 0.2) is 243 Å². The van der Waals surface area contributed by atoms with E-state index < -0.39 is 8.07 Å². The van der Waals surface area contributed by atoms with Crippen molar-refractivity contribution in [3.63, 3.8) is 0 Å². The van der Waals surface area contributed by atoms with Gasteiger partial charge in [-0.25, -0.2) is 14.1 Å². The zero-order chi connectivity index (χ0) is 44.0. The molecular formula is C61H43N4PtSi-. The van der Waals surface area contributed by atoms with Crippen molar-refractivity contribution in [3.8, 4) is 44.9 Å². The van der Waals surface area contributed by atoms with Gasteiger partial charge < -0.3 is 4.57 Å². The number of fused-ring (bicyclic) bond motifs is 4. The van der Waals surface area contributed by atoms with Crippen molar-refractivity contribution in [3.05, 3.63) is 255 Å². The normalized spacial score (nSPS) is 11.5. The molecule has 0 aliphatic rings. The Hall–Kier alpha value is -7.69. The Bertz CT molecular complexity index is 3620. The van der Waals surface area contributed by atoms with Gasteiger partial charge in [0.15, 0.2) is 17.4 Å². The van der Waals surface area contributed by atoms with Crippen molar-refractivity contribution in [2.45, 2.75) is 0 Å². The number of nitrogens with zero attached hydrogens (tertiary/aromatic N) is 4. The molecule has 322 valence electrons. The van der Waals surface area contributed by atoms with E-state index in [9.17, 15) is 0 Å². The summed E-state index contributed by atoms with van der Waals surface area (Å²) in [6, 6.07) is 91.4. The van der Waals surface area contributed by atoms with Crippen molar-refractivity contribution >= 4 is 61.7 Å². The van der Waals surface area contributed by atoms with E-state index in [1.165, 1.54) is 38.2 Å². The quantitative estimate of drug-likeness (QED) is 0.0804. The van der Waals surface area contributed by atoms with Crippen molar-refractivity contribution in [2.24, 2.45) is 7.05 Å². The van der Waals surface area contributed by atoms with Crippen LogP contribution < -0.4 is 20.7 Å².